The number of nitro benzene ring substituents is 1. The predicted molar refractivity (Wildman–Crippen MR) is 82.4 cm³/mol. The Morgan fingerprint density at radius 1 is 1.13 bits per heavy atom. The van der Waals surface area contributed by atoms with Gasteiger partial charge in [-0.1, -0.05) is 17.7 Å². The summed E-state index contributed by atoms with van der Waals surface area (Å²) in [6.07, 6.45) is -1.21. The SMILES string of the molecule is Cc1ccc(S(=O)(=O)OCC(O)c2ccc([N+](=O)[O-])cc2)cc1. The molecule has 0 aliphatic carbocycles. The molecule has 0 saturated carbocycles. The van der Waals surface area contributed by atoms with Crippen molar-refractivity contribution < 1.29 is 22.6 Å². The molecular weight excluding hydrogens is 322 g/mol. The van der Waals surface area contributed by atoms with Crippen LogP contribution in [-0.4, -0.2) is 25.1 Å². The molecule has 0 heterocycles. The van der Waals surface area contributed by atoms with E-state index >= 15 is 0 Å². The number of hydrogen-bond donors (Lipinski definition) is 1. The summed E-state index contributed by atoms with van der Waals surface area (Å²) in [6.45, 7) is 1.35. The fraction of sp³-hybridized carbons (Fsp3) is 0.200. The lowest BCUT2D eigenvalue weighted by molar-refractivity contribution is -0.384. The van der Waals surface area contributed by atoms with Crippen molar-refractivity contribution in [1.29, 1.82) is 0 Å². The average molecular weight is 337 g/mol. The first-order valence-electron chi connectivity index (χ1n) is 6.68. The maximum Gasteiger partial charge on any atom is 0.297 e. The van der Waals surface area contributed by atoms with Crippen LogP contribution in [0.15, 0.2) is 53.4 Å². The molecule has 0 spiro atoms. The van der Waals surface area contributed by atoms with Crippen LogP contribution >= 0.6 is 0 Å². The second-order valence-corrected chi connectivity index (χ2v) is 6.53. The van der Waals surface area contributed by atoms with Gasteiger partial charge in [-0.2, -0.15) is 8.42 Å². The van der Waals surface area contributed by atoms with Crippen LogP contribution in [0.5, 0.6) is 0 Å². The molecule has 0 fully saturated rings. The molecule has 0 aromatic heterocycles. The van der Waals surface area contributed by atoms with E-state index in [2.05, 4.69) is 0 Å². The fourth-order valence-electron chi connectivity index (χ4n) is 1.84. The third-order valence-electron chi connectivity index (χ3n) is 3.18. The van der Waals surface area contributed by atoms with Crippen LogP contribution in [0.1, 0.15) is 17.2 Å². The largest absolute Gasteiger partial charge is 0.386 e. The first-order chi connectivity index (χ1) is 10.8. The molecule has 0 bridgehead atoms. The van der Waals surface area contributed by atoms with Crippen LogP contribution < -0.4 is 0 Å². The number of aliphatic hydroxyl groups excluding tert-OH is 1. The summed E-state index contributed by atoms with van der Waals surface area (Å²) in [5, 5.41) is 20.5. The third kappa shape index (κ3) is 4.35. The molecule has 7 nitrogen and oxygen atoms in total. The molecule has 0 aliphatic rings. The molecule has 0 amide bonds. The molecule has 2 aromatic carbocycles. The molecule has 0 aliphatic heterocycles. The summed E-state index contributed by atoms with van der Waals surface area (Å²) in [6, 6.07) is 11.3. The highest BCUT2D eigenvalue weighted by molar-refractivity contribution is 7.86. The van der Waals surface area contributed by atoms with E-state index in [4.69, 9.17) is 4.18 Å². The van der Waals surface area contributed by atoms with Gasteiger partial charge in [0, 0.05) is 12.1 Å². The van der Waals surface area contributed by atoms with Gasteiger partial charge in [-0.25, -0.2) is 0 Å². The summed E-state index contributed by atoms with van der Waals surface area (Å²) in [4.78, 5) is 10.00. The minimum atomic E-state index is -3.97. The Morgan fingerprint density at radius 3 is 2.22 bits per heavy atom. The second-order valence-electron chi connectivity index (χ2n) is 4.92. The summed E-state index contributed by atoms with van der Waals surface area (Å²) >= 11 is 0. The quantitative estimate of drug-likeness (QED) is 0.492. The van der Waals surface area contributed by atoms with Crippen molar-refractivity contribution in [3.63, 3.8) is 0 Å². The normalized spacial score (nSPS) is 12.8. The van der Waals surface area contributed by atoms with E-state index in [0.717, 1.165) is 5.56 Å². The summed E-state index contributed by atoms with van der Waals surface area (Å²) in [7, 11) is -3.97. The Labute approximate surface area is 133 Å². The monoisotopic (exact) mass is 337 g/mol. The van der Waals surface area contributed by atoms with Crippen LogP contribution in [-0.2, 0) is 14.3 Å². The van der Waals surface area contributed by atoms with Crippen molar-refractivity contribution in [1.82, 2.24) is 0 Å². The number of benzene rings is 2. The first kappa shape index (κ1) is 17.1. The number of non-ortho nitro benzene ring substituents is 1. The topological polar surface area (TPSA) is 107 Å². The number of hydrogen-bond acceptors (Lipinski definition) is 6. The van der Waals surface area contributed by atoms with Crippen molar-refractivity contribution in [2.75, 3.05) is 6.61 Å². The van der Waals surface area contributed by atoms with E-state index in [0.29, 0.717) is 5.56 Å². The second kappa shape index (κ2) is 6.86. The van der Waals surface area contributed by atoms with Crippen molar-refractivity contribution in [2.45, 2.75) is 17.9 Å². The highest BCUT2D eigenvalue weighted by Gasteiger charge is 2.18. The molecule has 23 heavy (non-hydrogen) atoms. The lowest BCUT2D eigenvalue weighted by Gasteiger charge is -2.11. The molecular formula is C15H15NO6S. The van der Waals surface area contributed by atoms with Gasteiger partial charge in [0.25, 0.3) is 15.8 Å². The summed E-state index contributed by atoms with van der Waals surface area (Å²) in [5.41, 5.74) is 1.12. The van der Waals surface area contributed by atoms with Crippen molar-refractivity contribution in [2.24, 2.45) is 0 Å². The van der Waals surface area contributed by atoms with Gasteiger partial charge in [0.2, 0.25) is 0 Å². The molecule has 2 aromatic rings. The van der Waals surface area contributed by atoms with Crippen LogP contribution in [0.4, 0.5) is 5.69 Å². The maximum absolute atomic E-state index is 12.0. The Morgan fingerprint density at radius 2 is 1.70 bits per heavy atom. The fourth-order valence-corrected chi connectivity index (χ4v) is 2.75. The smallest absolute Gasteiger partial charge is 0.297 e. The van der Waals surface area contributed by atoms with Crippen LogP contribution in [0.25, 0.3) is 0 Å². The zero-order valence-electron chi connectivity index (χ0n) is 12.2. The molecule has 1 N–H and O–H groups in total. The summed E-state index contributed by atoms with van der Waals surface area (Å²) < 4.78 is 28.8. The number of rotatable bonds is 6. The Hall–Kier alpha value is -2.29. The van der Waals surface area contributed by atoms with Gasteiger partial charge < -0.3 is 5.11 Å². The van der Waals surface area contributed by atoms with Crippen LogP contribution in [0, 0.1) is 17.0 Å². The molecule has 0 saturated heterocycles. The number of nitro groups is 1. The van der Waals surface area contributed by atoms with Gasteiger partial charge >= 0.3 is 0 Å². The van der Waals surface area contributed by atoms with Crippen LogP contribution in [0.3, 0.4) is 0 Å². The number of nitrogens with zero attached hydrogens (tertiary/aromatic N) is 1. The highest BCUT2D eigenvalue weighted by Crippen LogP contribution is 2.20. The van der Waals surface area contributed by atoms with E-state index in [1.165, 1.54) is 36.4 Å². The molecule has 122 valence electrons. The number of aryl methyl sites for hydroxylation is 1. The maximum atomic E-state index is 12.0. The molecule has 8 heteroatoms. The minimum absolute atomic E-state index is 0.000926. The van der Waals surface area contributed by atoms with Gasteiger partial charge in [0.05, 0.1) is 16.4 Å². The van der Waals surface area contributed by atoms with Crippen molar-refractivity contribution in [3.05, 3.63) is 69.8 Å². The van der Waals surface area contributed by atoms with E-state index in [-0.39, 0.29) is 10.6 Å². The van der Waals surface area contributed by atoms with Gasteiger partial charge in [-0.15, -0.1) is 0 Å². The molecule has 1 atom stereocenters. The van der Waals surface area contributed by atoms with E-state index in [1.54, 1.807) is 12.1 Å². The molecule has 1 unspecified atom stereocenters. The molecule has 0 radical (unpaired) electrons. The van der Waals surface area contributed by atoms with E-state index in [9.17, 15) is 23.6 Å². The zero-order chi connectivity index (χ0) is 17.0. The van der Waals surface area contributed by atoms with Crippen molar-refractivity contribution in [3.8, 4) is 0 Å². The lowest BCUT2D eigenvalue weighted by Crippen LogP contribution is -2.13. The first-order valence-corrected chi connectivity index (χ1v) is 8.09. The Kier molecular flexibility index (Phi) is 5.09. The Balaban J connectivity index is 2.04. The molecule has 2 rings (SSSR count). The van der Waals surface area contributed by atoms with E-state index in [1.807, 2.05) is 6.92 Å². The van der Waals surface area contributed by atoms with Crippen molar-refractivity contribution >= 4 is 15.8 Å². The standard InChI is InChI=1S/C15H15NO6S/c1-11-2-8-14(9-3-11)23(20,21)22-10-15(17)12-4-6-13(7-5-12)16(18)19/h2-9,15,17H,10H2,1H3. The van der Waals surface area contributed by atoms with Gasteiger partial charge in [0.15, 0.2) is 0 Å². The Bertz CT molecular complexity index is 784. The van der Waals surface area contributed by atoms with Gasteiger partial charge in [-0.05, 0) is 36.8 Å². The highest BCUT2D eigenvalue weighted by atomic mass is 32.2. The number of aliphatic hydroxyl groups is 1. The van der Waals surface area contributed by atoms with E-state index < -0.39 is 27.8 Å². The third-order valence-corrected chi connectivity index (χ3v) is 4.48. The average Bonchev–Trinajstić information content (AvgIpc) is 2.53. The van der Waals surface area contributed by atoms with Gasteiger partial charge in [-0.3, -0.25) is 14.3 Å². The van der Waals surface area contributed by atoms with Crippen LogP contribution in [0.2, 0.25) is 0 Å². The predicted octanol–water partition coefficient (Wildman–Crippen LogP) is 2.34. The lowest BCUT2D eigenvalue weighted by atomic mass is 10.1. The summed E-state index contributed by atoms with van der Waals surface area (Å²) in [5.74, 6) is 0. The van der Waals surface area contributed by atoms with Gasteiger partial charge in [0.1, 0.15) is 6.10 Å². The minimum Gasteiger partial charge on any atom is -0.386 e. The zero-order valence-corrected chi connectivity index (χ0v) is 13.1.